The van der Waals surface area contributed by atoms with E-state index in [1.807, 2.05) is 6.08 Å². The van der Waals surface area contributed by atoms with E-state index in [0.29, 0.717) is 24.2 Å². The third kappa shape index (κ3) is 1.93. The molecule has 4 rings (SSSR count). The van der Waals surface area contributed by atoms with E-state index in [-0.39, 0.29) is 28.6 Å². The van der Waals surface area contributed by atoms with Gasteiger partial charge in [0, 0.05) is 11.3 Å². The van der Waals surface area contributed by atoms with Gasteiger partial charge < -0.3 is 10.2 Å². The van der Waals surface area contributed by atoms with Crippen LogP contribution in [0.25, 0.3) is 0 Å². The van der Waals surface area contributed by atoms with E-state index in [2.05, 4.69) is 20.8 Å². The molecule has 126 valence electrons. The molecule has 0 unspecified atom stereocenters. The predicted octanol–water partition coefficient (Wildman–Crippen LogP) is 2.87. The van der Waals surface area contributed by atoms with Crippen LogP contribution in [-0.4, -0.2) is 28.2 Å². The van der Waals surface area contributed by atoms with Crippen LogP contribution < -0.4 is 0 Å². The van der Waals surface area contributed by atoms with Gasteiger partial charge in [0.2, 0.25) is 0 Å². The van der Waals surface area contributed by atoms with Crippen molar-refractivity contribution in [3.8, 4) is 0 Å². The number of carbonyl (C=O) groups excluding carboxylic acids is 1. The fourth-order valence-electron chi connectivity index (χ4n) is 6.67. The highest BCUT2D eigenvalue weighted by molar-refractivity contribution is 6.01. The number of hydrogen-bond donors (Lipinski definition) is 2. The lowest BCUT2D eigenvalue weighted by Gasteiger charge is -2.58. The first-order chi connectivity index (χ1) is 10.8. The van der Waals surface area contributed by atoms with Crippen molar-refractivity contribution in [2.45, 2.75) is 58.7 Å². The van der Waals surface area contributed by atoms with Crippen molar-refractivity contribution in [1.29, 1.82) is 0 Å². The van der Waals surface area contributed by atoms with Gasteiger partial charge in [-0.2, -0.15) is 0 Å². The Morgan fingerprint density at radius 2 is 2.00 bits per heavy atom. The van der Waals surface area contributed by atoms with E-state index >= 15 is 0 Å². The fourth-order valence-corrected chi connectivity index (χ4v) is 6.67. The standard InChI is InChI=1S/C20H28O3/c1-11-8-15-14-5-4-12-9-13(21)6-7-19(12,2)17(14)16(22)10-20(15,3)18(11)23/h6-7,9,11,14-18,22-23H,4-5,8,10H2,1-3H3/t11-,14-,15-,16-,17+,18+,19-,20-/m0/s1. The summed E-state index contributed by atoms with van der Waals surface area (Å²) in [5, 5.41) is 21.7. The van der Waals surface area contributed by atoms with Crippen LogP contribution in [0.5, 0.6) is 0 Å². The molecular formula is C20H28O3. The Morgan fingerprint density at radius 1 is 1.26 bits per heavy atom. The lowest BCUT2D eigenvalue weighted by molar-refractivity contribution is -0.131. The molecule has 0 amide bonds. The van der Waals surface area contributed by atoms with Crippen LogP contribution in [0.3, 0.4) is 0 Å². The van der Waals surface area contributed by atoms with Crippen LogP contribution in [-0.2, 0) is 4.79 Å². The van der Waals surface area contributed by atoms with Crippen molar-refractivity contribution in [3.05, 3.63) is 23.8 Å². The van der Waals surface area contributed by atoms with E-state index in [9.17, 15) is 15.0 Å². The topological polar surface area (TPSA) is 57.5 Å². The maximum atomic E-state index is 11.8. The van der Waals surface area contributed by atoms with Crippen molar-refractivity contribution in [3.63, 3.8) is 0 Å². The summed E-state index contributed by atoms with van der Waals surface area (Å²) in [5.74, 6) is 1.47. The highest BCUT2D eigenvalue weighted by Crippen LogP contribution is 2.65. The summed E-state index contributed by atoms with van der Waals surface area (Å²) >= 11 is 0. The molecule has 3 nitrogen and oxygen atoms in total. The molecule has 0 bridgehead atoms. The molecule has 0 aromatic carbocycles. The van der Waals surface area contributed by atoms with Crippen LogP contribution >= 0.6 is 0 Å². The molecule has 23 heavy (non-hydrogen) atoms. The molecule has 8 atom stereocenters. The van der Waals surface area contributed by atoms with Gasteiger partial charge in [-0.1, -0.05) is 32.4 Å². The molecule has 3 heteroatoms. The number of carbonyl (C=O) groups is 1. The van der Waals surface area contributed by atoms with Gasteiger partial charge in [-0.3, -0.25) is 4.79 Å². The summed E-state index contributed by atoms with van der Waals surface area (Å²) in [6.07, 6.45) is 8.51. The number of hydrogen-bond acceptors (Lipinski definition) is 3. The molecule has 0 radical (unpaired) electrons. The quantitative estimate of drug-likeness (QED) is 0.722. The summed E-state index contributed by atoms with van der Waals surface area (Å²) in [7, 11) is 0. The molecule has 3 fully saturated rings. The third-order valence-electron chi connectivity index (χ3n) is 7.77. The van der Waals surface area contributed by atoms with Gasteiger partial charge in [0.15, 0.2) is 5.78 Å². The lowest BCUT2D eigenvalue weighted by Crippen LogP contribution is -2.56. The Labute approximate surface area is 138 Å². The first-order valence-corrected chi connectivity index (χ1v) is 9.08. The minimum absolute atomic E-state index is 0.0796. The number of rotatable bonds is 0. The third-order valence-corrected chi connectivity index (χ3v) is 7.77. The van der Waals surface area contributed by atoms with Crippen LogP contribution in [0.1, 0.15) is 46.5 Å². The minimum Gasteiger partial charge on any atom is -0.393 e. The zero-order valence-electron chi connectivity index (χ0n) is 14.3. The van der Waals surface area contributed by atoms with Crippen molar-refractivity contribution < 1.29 is 15.0 Å². The number of aliphatic hydroxyl groups excluding tert-OH is 2. The van der Waals surface area contributed by atoms with Gasteiger partial charge in [0.25, 0.3) is 0 Å². The SMILES string of the molecule is C[C@H]1C[C@H]2[C@@H]3CCC4=CC(=O)C=C[C@]4(C)[C@H]3[C@@H](O)C[C@]2(C)[C@@H]1O. The molecular weight excluding hydrogens is 288 g/mol. The highest BCUT2D eigenvalue weighted by Gasteiger charge is 2.62. The maximum absolute atomic E-state index is 11.8. The van der Waals surface area contributed by atoms with Gasteiger partial charge in [-0.05, 0) is 61.0 Å². The normalized spacial score (nSPS) is 55.0. The number of allylic oxidation sites excluding steroid dienone is 4. The monoisotopic (exact) mass is 316 g/mol. The van der Waals surface area contributed by atoms with Crippen LogP contribution in [0, 0.1) is 34.5 Å². The number of aliphatic hydroxyl groups is 2. The van der Waals surface area contributed by atoms with Crippen molar-refractivity contribution in [2.75, 3.05) is 0 Å². The average molecular weight is 316 g/mol. The van der Waals surface area contributed by atoms with Crippen molar-refractivity contribution >= 4 is 5.78 Å². The molecule has 0 aliphatic heterocycles. The van der Waals surface area contributed by atoms with Gasteiger partial charge in [0.05, 0.1) is 12.2 Å². The van der Waals surface area contributed by atoms with Crippen LogP contribution in [0.2, 0.25) is 0 Å². The second kappa shape index (κ2) is 4.80. The summed E-state index contributed by atoms with van der Waals surface area (Å²) in [4.78, 5) is 11.8. The van der Waals surface area contributed by atoms with Gasteiger partial charge in [-0.25, -0.2) is 0 Å². The van der Waals surface area contributed by atoms with Gasteiger partial charge in [-0.15, -0.1) is 0 Å². The zero-order chi connectivity index (χ0) is 16.6. The smallest absolute Gasteiger partial charge is 0.178 e. The summed E-state index contributed by atoms with van der Waals surface area (Å²) in [6.45, 7) is 6.52. The maximum Gasteiger partial charge on any atom is 0.178 e. The Bertz CT molecular complexity index is 606. The summed E-state index contributed by atoms with van der Waals surface area (Å²) in [6, 6.07) is 0. The molecule has 0 aromatic heterocycles. The van der Waals surface area contributed by atoms with E-state index < -0.39 is 6.10 Å². The largest absolute Gasteiger partial charge is 0.393 e. The second-order valence-electron chi connectivity index (χ2n) is 8.96. The molecule has 0 saturated heterocycles. The molecule has 0 heterocycles. The minimum atomic E-state index is -0.409. The summed E-state index contributed by atoms with van der Waals surface area (Å²) in [5.41, 5.74) is 0.834. The molecule has 4 aliphatic rings. The van der Waals surface area contributed by atoms with Crippen molar-refractivity contribution in [1.82, 2.24) is 0 Å². The fraction of sp³-hybridized carbons (Fsp3) is 0.750. The Kier molecular flexibility index (Phi) is 3.25. The van der Waals surface area contributed by atoms with E-state index in [1.165, 1.54) is 5.57 Å². The van der Waals surface area contributed by atoms with Gasteiger partial charge in [0.1, 0.15) is 0 Å². The lowest BCUT2D eigenvalue weighted by atomic mass is 9.47. The first-order valence-electron chi connectivity index (χ1n) is 9.08. The molecule has 0 aromatic rings. The molecule has 4 aliphatic carbocycles. The van der Waals surface area contributed by atoms with E-state index in [1.54, 1.807) is 12.2 Å². The Hall–Kier alpha value is -0.930. The first kappa shape index (κ1) is 15.6. The Balaban J connectivity index is 1.76. The van der Waals surface area contributed by atoms with E-state index in [4.69, 9.17) is 0 Å². The van der Waals surface area contributed by atoms with Crippen LogP contribution in [0.4, 0.5) is 0 Å². The molecule has 0 spiro atoms. The summed E-state index contributed by atoms with van der Waals surface area (Å²) < 4.78 is 0. The van der Waals surface area contributed by atoms with Crippen LogP contribution in [0.15, 0.2) is 23.8 Å². The Morgan fingerprint density at radius 3 is 2.74 bits per heavy atom. The van der Waals surface area contributed by atoms with Gasteiger partial charge >= 0.3 is 0 Å². The highest BCUT2D eigenvalue weighted by atomic mass is 16.3. The molecule has 3 saturated carbocycles. The number of fused-ring (bicyclic) bond motifs is 5. The molecule has 2 N–H and O–H groups in total. The average Bonchev–Trinajstić information content (AvgIpc) is 2.71. The van der Waals surface area contributed by atoms with Crippen molar-refractivity contribution in [2.24, 2.45) is 34.5 Å². The zero-order valence-corrected chi connectivity index (χ0v) is 14.3. The van der Waals surface area contributed by atoms with E-state index in [0.717, 1.165) is 19.3 Å². The second-order valence-corrected chi connectivity index (χ2v) is 8.96. The number of ketones is 1. The predicted molar refractivity (Wildman–Crippen MR) is 88.6 cm³/mol.